The summed E-state index contributed by atoms with van der Waals surface area (Å²) in [6, 6.07) is 13.3. The molecule has 0 aliphatic rings. The number of hydrogen-bond acceptors (Lipinski definition) is 5. The highest BCUT2D eigenvalue weighted by Crippen LogP contribution is 2.28. The Hall–Kier alpha value is -3.34. The van der Waals surface area contributed by atoms with Crippen LogP contribution in [-0.2, 0) is 10.0 Å². The molecule has 32 heavy (non-hydrogen) atoms. The number of benzene rings is 3. The summed E-state index contributed by atoms with van der Waals surface area (Å²) in [5.74, 6) is 0. The molecule has 9 nitrogen and oxygen atoms in total. The maximum absolute atomic E-state index is 12.8. The van der Waals surface area contributed by atoms with Gasteiger partial charge in [-0.05, 0) is 61.0 Å². The molecule has 0 fully saturated rings. The maximum Gasteiger partial charge on any atom is 0.323 e. The van der Waals surface area contributed by atoms with Crippen LogP contribution in [0.4, 0.5) is 27.5 Å². The van der Waals surface area contributed by atoms with E-state index in [9.17, 15) is 23.3 Å². The molecule has 0 radical (unpaired) electrons. The molecule has 0 spiro atoms. The van der Waals surface area contributed by atoms with Gasteiger partial charge < -0.3 is 10.6 Å². The first-order chi connectivity index (χ1) is 15.0. The molecule has 0 aliphatic heterocycles. The Bertz CT molecular complexity index is 1300. The number of sulfonamides is 1. The fourth-order valence-electron chi connectivity index (χ4n) is 2.75. The molecule has 0 heterocycles. The van der Waals surface area contributed by atoms with Crippen molar-refractivity contribution < 1.29 is 18.1 Å². The number of nitro benzene ring substituents is 1. The van der Waals surface area contributed by atoms with E-state index in [1.54, 1.807) is 19.1 Å². The summed E-state index contributed by atoms with van der Waals surface area (Å²) < 4.78 is 28.1. The first kappa shape index (κ1) is 23.3. The van der Waals surface area contributed by atoms with Gasteiger partial charge >= 0.3 is 6.03 Å². The highest BCUT2D eigenvalue weighted by Gasteiger charge is 2.20. The number of carbonyl (C=O) groups is 1. The van der Waals surface area contributed by atoms with Crippen molar-refractivity contribution in [3.05, 3.63) is 86.4 Å². The Balaban J connectivity index is 1.81. The number of hydrogen-bond donors (Lipinski definition) is 3. The first-order valence-corrected chi connectivity index (χ1v) is 11.2. The number of amides is 2. The maximum atomic E-state index is 12.8. The van der Waals surface area contributed by atoms with E-state index in [1.807, 2.05) is 0 Å². The predicted octanol–water partition coefficient (Wildman–Crippen LogP) is 5.65. The van der Waals surface area contributed by atoms with E-state index in [1.165, 1.54) is 42.5 Å². The Morgan fingerprint density at radius 3 is 2.19 bits per heavy atom. The van der Waals surface area contributed by atoms with Gasteiger partial charge in [-0.25, -0.2) is 13.2 Å². The zero-order valence-electron chi connectivity index (χ0n) is 16.4. The first-order valence-electron chi connectivity index (χ1n) is 8.96. The Morgan fingerprint density at radius 2 is 1.53 bits per heavy atom. The third-order valence-electron chi connectivity index (χ3n) is 4.24. The minimum atomic E-state index is -3.97. The zero-order chi connectivity index (χ0) is 23.5. The van der Waals surface area contributed by atoms with Crippen molar-refractivity contribution in [1.82, 2.24) is 0 Å². The lowest BCUT2D eigenvalue weighted by Gasteiger charge is -2.13. The standard InChI is InChI=1S/C20H16Cl2N4O5S/c1-12-2-6-16(11-19(12)32(30,31)25-15-7-3-13(21)4-8-15)23-20(27)24-17-10-14(22)5-9-18(17)26(28)29/h2-11,25H,1H3,(H2,23,24,27). The molecule has 0 aromatic heterocycles. The molecule has 3 N–H and O–H groups in total. The average Bonchev–Trinajstić information content (AvgIpc) is 2.70. The Morgan fingerprint density at radius 1 is 0.906 bits per heavy atom. The van der Waals surface area contributed by atoms with E-state index in [-0.39, 0.29) is 27.0 Å². The fourth-order valence-corrected chi connectivity index (χ4v) is 4.38. The summed E-state index contributed by atoms with van der Waals surface area (Å²) in [6.45, 7) is 1.61. The third kappa shape index (κ3) is 5.67. The third-order valence-corrected chi connectivity index (χ3v) is 6.25. The van der Waals surface area contributed by atoms with Crippen LogP contribution in [0.5, 0.6) is 0 Å². The van der Waals surface area contributed by atoms with Gasteiger partial charge in [-0.3, -0.25) is 14.8 Å². The van der Waals surface area contributed by atoms with Gasteiger partial charge in [-0.1, -0.05) is 29.3 Å². The minimum Gasteiger partial charge on any atom is -0.308 e. The largest absolute Gasteiger partial charge is 0.323 e. The number of nitrogens with zero attached hydrogens (tertiary/aromatic N) is 1. The molecule has 0 saturated heterocycles. The second-order valence-electron chi connectivity index (χ2n) is 6.59. The number of rotatable bonds is 6. The Labute approximate surface area is 193 Å². The molecule has 0 atom stereocenters. The molecular formula is C20H16Cl2N4O5S. The van der Waals surface area contributed by atoms with Crippen molar-refractivity contribution in [3.63, 3.8) is 0 Å². The van der Waals surface area contributed by atoms with E-state index in [0.717, 1.165) is 6.07 Å². The topological polar surface area (TPSA) is 130 Å². The smallest absolute Gasteiger partial charge is 0.308 e. The van der Waals surface area contributed by atoms with Crippen LogP contribution in [0, 0.1) is 17.0 Å². The summed E-state index contributed by atoms with van der Waals surface area (Å²) in [5, 5.41) is 16.6. The number of anilines is 3. The number of urea groups is 1. The summed E-state index contributed by atoms with van der Waals surface area (Å²) in [4.78, 5) is 22.8. The van der Waals surface area contributed by atoms with Crippen molar-refractivity contribution in [3.8, 4) is 0 Å². The molecule has 0 bridgehead atoms. The van der Waals surface area contributed by atoms with Crippen LogP contribution in [0.3, 0.4) is 0 Å². The van der Waals surface area contributed by atoms with E-state index in [2.05, 4.69) is 15.4 Å². The van der Waals surface area contributed by atoms with Crippen LogP contribution in [0.25, 0.3) is 0 Å². The van der Waals surface area contributed by atoms with Crippen molar-refractivity contribution in [2.24, 2.45) is 0 Å². The molecule has 0 unspecified atom stereocenters. The van der Waals surface area contributed by atoms with Crippen LogP contribution in [-0.4, -0.2) is 19.4 Å². The predicted molar refractivity (Wildman–Crippen MR) is 124 cm³/mol. The average molecular weight is 495 g/mol. The summed E-state index contributed by atoms with van der Waals surface area (Å²) in [5.41, 5.74) is 0.476. The molecule has 0 saturated carbocycles. The van der Waals surface area contributed by atoms with Crippen LogP contribution in [0.15, 0.2) is 65.6 Å². The normalized spacial score (nSPS) is 11.0. The van der Waals surface area contributed by atoms with Crippen LogP contribution in [0.1, 0.15) is 5.56 Å². The molecule has 2 amide bonds. The van der Waals surface area contributed by atoms with Crippen LogP contribution in [0.2, 0.25) is 10.0 Å². The van der Waals surface area contributed by atoms with Gasteiger partial charge in [0.15, 0.2) is 0 Å². The number of halogens is 2. The van der Waals surface area contributed by atoms with E-state index < -0.39 is 21.0 Å². The van der Waals surface area contributed by atoms with Gasteiger partial charge in [-0.15, -0.1) is 0 Å². The van der Waals surface area contributed by atoms with Gasteiger partial charge in [0.1, 0.15) is 5.69 Å². The highest BCUT2D eigenvalue weighted by atomic mass is 35.5. The number of nitro groups is 1. The molecule has 3 aromatic rings. The number of nitrogens with one attached hydrogen (secondary N) is 3. The van der Waals surface area contributed by atoms with Gasteiger partial charge in [0.25, 0.3) is 15.7 Å². The molecular weight excluding hydrogens is 479 g/mol. The fraction of sp³-hybridized carbons (Fsp3) is 0.0500. The van der Waals surface area contributed by atoms with E-state index in [4.69, 9.17) is 23.2 Å². The quantitative estimate of drug-likeness (QED) is 0.300. The molecule has 166 valence electrons. The summed E-state index contributed by atoms with van der Waals surface area (Å²) >= 11 is 11.7. The second-order valence-corrected chi connectivity index (χ2v) is 9.11. The summed E-state index contributed by atoms with van der Waals surface area (Å²) in [7, 11) is -3.97. The van der Waals surface area contributed by atoms with Gasteiger partial charge in [0, 0.05) is 27.5 Å². The zero-order valence-corrected chi connectivity index (χ0v) is 18.8. The van der Waals surface area contributed by atoms with E-state index >= 15 is 0 Å². The highest BCUT2D eigenvalue weighted by molar-refractivity contribution is 7.92. The van der Waals surface area contributed by atoms with Crippen molar-refractivity contribution in [2.75, 3.05) is 15.4 Å². The van der Waals surface area contributed by atoms with Crippen molar-refractivity contribution in [2.45, 2.75) is 11.8 Å². The van der Waals surface area contributed by atoms with Crippen molar-refractivity contribution >= 4 is 62.0 Å². The lowest BCUT2D eigenvalue weighted by Crippen LogP contribution is -2.21. The summed E-state index contributed by atoms with van der Waals surface area (Å²) in [6.07, 6.45) is 0. The second kappa shape index (κ2) is 9.43. The number of carbonyl (C=O) groups excluding carboxylic acids is 1. The minimum absolute atomic E-state index is 0.0565. The van der Waals surface area contributed by atoms with Crippen LogP contribution >= 0.6 is 23.2 Å². The molecule has 12 heteroatoms. The van der Waals surface area contributed by atoms with Gasteiger partial charge in [-0.2, -0.15) is 0 Å². The van der Waals surface area contributed by atoms with Crippen LogP contribution < -0.4 is 15.4 Å². The molecule has 3 rings (SSSR count). The van der Waals surface area contributed by atoms with E-state index in [0.29, 0.717) is 16.3 Å². The monoisotopic (exact) mass is 494 g/mol. The van der Waals surface area contributed by atoms with Gasteiger partial charge in [0.05, 0.1) is 9.82 Å². The number of aryl methyl sites for hydroxylation is 1. The Kier molecular flexibility index (Phi) is 6.87. The van der Waals surface area contributed by atoms with Gasteiger partial charge in [0.2, 0.25) is 0 Å². The van der Waals surface area contributed by atoms with Crippen molar-refractivity contribution in [1.29, 1.82) is 0 Å². The lowest BCUT2D eigenvalue weighted by molar-refractivity contribution is -0.383. The SMILES string of the molecule is Cc1ccc(NC(=O)Nc2cc(Cl)ccc2[N+](=O)[O-])cc1S(=O)(=O)Nc1ccc(Cl)cc1. The molecule has 0 aliphatic carbocycles. The molecule has 3 aromatic carbocycles. The lowest BCUT2D eigenvalue weighted by atomic mass is 10.2.